The van der Waals surface area contributed by atoms with Crippen LogP contribution < -0.4 is 20.3 Å². The third-order valence-electron chi connectivity index (χ3n) is 5.33. The number of aryl methyl sites for hydroxylation is 2. The van der Waals surface area contributed by atoms with E-state index in [0.29, 0.717) is 36.2 Å². The van der Waals surface area contributed by atoms with Crippen LogP contribution in [0.1, 0.15) is 45.2 Å². The Kier molecular flexibility index (Phi) is 6.58. The summed E-state index contributed by atoms with van der Waals surface area (Å²) in [6.45, 7) is 13.0. The molecular formula is C25H33N3O3. The largest absolute Gasteiger partial charge is 0.490 e. The number of carbonyl (C=O) groups excluding carboxylic acids is 2. The Morgan fingerprint density at radius 3 is 2.35 bits per heavy atom. The van der Waals surface area contributed by atoms with E-state index in [-0.39, 0.29) is 11.9 Å². The summed E-state index contributed by atoms with van der Waals surface area (Å²) in [7, 11) is 0. The normalized spacial score (nSPS) is 15.2. The zero-order valence-corrected chi connectivity index (χ0v) is 19.3. The topological polar surface area (TPSA) is 70.7 Å². The van der Waals surface area contributed by atoms with Gasteiger partial charge in [-0.05, 0) is 81.5 Å². The van der Waals surface area contributed by atoms with Gasteiger partial charge >= 0.3 is 6.03 Å². The number of carbonyl (C=O) groups is 2. The van der Waals surface area contributed by atoms with Gasteiger partial charge in [0.05, 0.1) is 11.1 Å². The molecule has 0 aromatic heterocycles. The summed E-state index contributed by atoms with van der Waals surface area (Å²) in [5, 5.41) is 5.75. The quantitative estimate of drug-likeness (QED) is 0.644. The number of rotatable bonds is 5. The molecule has 2 aromatic rings. The van der Waals surface area contributed by atoms with Crippen LogP contribution in [0.15, 0.2) is 36.4 Å². The highest BCUT2D eigenvalue weighted by molar-refractivity contribution is 6.02. The molecule has 0 radical (unpaired) electrons. The van der Waals surface area contributed by atoms with Crippen LogP contribution >= 0.6 is 0 Å². The molecule has 1 aliphatic heterocycles. The van der Waals surface area contributed by atoms with Crippen LogP contribution in [-0.4, -0.2) is 25.1 Å². The minimum atomic E-state index is -0.621. The molecule has 0 atom stereocenters. The lowest BCUT2D eigenvalue weighted by atomic mass is 9.92. The van der Waals surface area contributed by atoms with Gasteiger partial charge in [-0.15, -0.1) is 0 Å². The molecule has 2 aromatic carbocycles. The van der Waals surface area contributed by atoms with Crippen LogP contribution in [0.4, 0.5) is 21.9 Å². The van der Waals surface area contributed by atoms with Gasteiger partial charge in [-0.3, -0.25) is 4.79 Å². The number of urea groups is 1. The molecular weight excluding hydrogens is 390 g/mol. The average Bonchev–Trinajstić information content (AvgIpc) is 2.74. The molecule has 3 rings (SSSR count). The molecule has 0 saturated heterocycles. The van der Waals surface area contributed by atoms with Crippen LogP contribution in [-0.2, 0) is 4.79 Å². The zero-order chi connectivity index (χ0) is 22.8. The molecule has 0 saturated carbocycles. The number of hydrogen-bond donors (Lipinski definition) is 2. The third kappa shape index (κ3) is 5.57. The summed E-state index contributed by atoms with van der Waals surface area (Å²) < 4.78 is 5.96. The van der Waals surface area contributed by atoms with Crippen LogP contribution in [0, 0.1) is 25.2 Å². The first-order valence-electron chi connectivity index (χ1n) is 10.8. The molecule has 0 bridgehead atoms. The predicted octanol–water partition coefficient (Wildman–Crippen LogP) is 5.75. The standard InChI is InChI=1S/C25H33N3O3/c1-16(2)9-10-28-21-14-19(7-8-22(21)31-15-25(5,6)23(28)29)26-24(30)27-20-12-17(3)11-18(4)13-20/h7-8,11-14,16H,9-10,15H2,1-6H3,(H2,26,27,30). The first-order chi connectivity index (χ1) is 14.5. The molecule has 31 heavy (non-hydrogen) atoms. The number of amides is 3. The van der Waals surface area contributed by atoms with E-state index in [1.54, 1.807) is 11.0 Å². The van der Waals surface area contributed by atoms with E-state index >= 15 is 0 Å². The predicted molar refractivity (Wildman–Crippen MR) is 126 cm³/mol. The molecule has 3 amide bonds. The molecule has 6 nitrogen and oxygen atoms in total. The van der Waals surface area contributed by atoms with Crippen molar-refractivity contribution in [1.29, 1.82) is 0 Å². The molecule has 1 aliphatic rings. The summed E-state index contributed by atoms with van der Waals surface area (Å²) in [6, 6.07) is 11.0. The van der Waals surface area contributed by atoms with Crippen molar-refractivity contribution in [3.05, 3.63) is 47.5 Å². The van der Waals surface area contributed by atoms with Crippen LogP contribution in [0.2, 0.25) is 0 Å². The summed E-state index contributed by atoms with van der Waals surface area (Å²) >= 11 is 0. The van der Waals surface area contributed by atoms with Crippen LogP contribution in [0.5, 0.6) is 5.75 Å². The number of nitrogens with one attached hydrogen (secondary N) is 2. The Morgan fingerprint density at radius 1 is 1.06 bits per heavy atom. The van der Waals surface area contributed by atoms with Gasteiger partial charge < -0.3 is 20.3 Å². The van der Waals surface area contributed by atoms with Gasteiger partial charge in [0.1, 0.15) is 12.4 Å². The molecule has 0 unspecified atom stereocenters. The highest BCUT2D eigenvalue weighted by Gasteiger charge is 2.37. The molecule has 6 heteroatoms. The number of hydrogen-bond acceptors (Lipinski definition) is 3. The first kappa shape index (κ1) is 22.7. The van der Waals surface area contributed by atoms with E-state index in [1.807, 2.05) is 52.0 Å². The Hall–Kier alpha value is -3.02. The molecule has 0 fully saturated rings. The van der Waals surface area contributed by atoms with E-state index in [2.05, 4.69) is 30.5 Å². The number of ether oxygens (including phenoxy) is 1. The summed E-state index contributed by atoms with van der Waals surface area (Å²) in [4.78, 5) is 27.6. The summed E-state index contributed by atoms with van der Waals surface area (Å²) in [6.07, 6.45) is 0.881. The van der Waals surface area contributed by atoms with Crippen molar-refractivity contribution in [2.45, 2.75) is 48.0 Å². The highest BCUT2D eigenvalue weighted by atomic mass is 16.5. The Labute approximate surface area is 185 Å². The van der Waals surface area contributed by atoms with Crippen molar-refractivity contribution >= 4 is 29.0 Å². The lowest BCUT2D eigenvalue weighted by molar-refractivity contribution is -0.127. The van der Waals surface area contributed by atoms with Crippen molar-refractivity contribution in [2.24, 2.45) is 11.3 Å². The molecule has 0 aliphatic carbocycles. The minimum Gasteiger partial charge on any atom is -0.490 e. The fraction of sp³-hybridized carbons (Fsp3) is 0.440. The number of nitrogens with zero attached hydrogens (tertiary/aromatic N) is 1. The molecule has 0 spiro atoms. The third-order valence-corrected chi connectivity index (χ3v) is 5.33. The van der Waals surface area contributed by atoms with Crippen molar-refractivity contribution in [1.82, 2.24) is 0 Å². The fourth-order valence-corrected chi connectivity index (χ4v) is 3.67. The summed E-state index contributed by atoms with van der Waals surface area (Å²) in [5.74, 6) is 1.15. The smallest absolute Gasteiger partial charge is 0.323 e. The highest BCUT2D eigenvalue weighted by Crippen LogP contribution is 2.38. The lowest BCUT2D eigenvalue weighted by Gasteiger charge is -2.28. The Morgan fingerprint density at radius 2 is 1.71 bits per heavy atom. The average molecular weight is 424 g/mol. The number of anilines is 3. The van der Waals surface area contributed by atoms with Crippen molar-refractivity contribution < 1.29 is 14.3 Å². The van der Waals surface area contributed by atoms with Gasteiger partial charge in [0.15, 0.2) is 0 Å². The zero-order valence-electron chi connectivity index (χ0n) is 19.3. The van der Waals surface area contributed by atoms with Crippen molar-refractivity contribution in [3.8, 4) is 5.75 Å². The number of benzene rings is 2. The van der Waals surface area contributed by atoms with Gasteiger partial charge in [0.2, 0.25) is 5.91 Å². The minimum absolute atomic E-state index is 0.0312. The van der Waals surface area contributed by atoms with E-state index in [9.17, 15) is 9.59 Å². The Balaban J connectivity index is 1.83. The van der Waals surface area contributed by atoms with E-state index in [0.717, 1.165) is 23.2 Å². The second-order valence-electron chi connectivity index (χ2n) is 9.45. The number of fused-ring (bicyclic) bond motifs is 1. The monoisotopic (exact) mass is 423 g/mol. The maximum absolute atomic E-state index is 13.2. The second-order valence-corrected chi connectivity index (χ2v) is 9.45. The maximum Gasteiger partial charge on any atom is 0.323 e. The van der Waals surface area contributed by atoms with E-state index < -0.39 is 5.41 Å². The second kappa shape index (κ2) is 9.00. The van der Waals surface area contributed by atoms with Gasteiger partial charge in [-0.25, -0.2) is 4.79 Å². The molecule has 2 N–H and O–H groups in total. The van der Waals surface area contributed by atoms with Crippen molar-refractivity contribution in [2.75, 3.05) is 28.7 Å². The van der Waals surface area contributed by atoms with Gasteiger partial charge in [0.25, 0.3) is 0 Å². The van der Waals surface area contributed by atoms with Gasteiger partial charge in [-0.1, -0.05) is 19.9 Å². The van der Waals surface area contributed by atoms with Gasteiger partial charge in [0, 0.05) is 17.9 Å². The van der Waals surface area contributed by atoms with Crippen LogP contribution in [0.3, 0.4) is 0 Å². The van der Waals surface area contributed by atoms with Crippen molar-refractivity contribution in [3.63, 3.8) is 0 Å². The summed E-state index contributed by atoms with van der Waals surface area (Å²) in [5.41, 5.74) is 3.58. The van der Waals surface area contributed by atoms with E-state index in [4.69, 9.17) is 4.74 Å². The van der Waals surface area contributed by atoms with Gasteiger partial charge in [-0.2, -0.15) is 0 Å². The maximum atomic E-state index is 13.2. The molecule has 1 heterocycles. The first-order valence-corrected chi connectivity index (χ1v) is 10.8. The SMILES string of the molecule is Cc1cc(C)cc(NC(=O)Nc2ccc3c(c2)N(CCC(C)C)C(=O)C(C)(C)CO3)c1. The lowest BCUT2D eigenvalue weighted by Crippen LogP contribution is -2.42. The van der Waals surface area contributed by atoms with Crippen LogP contribution in [0.25, 0.3) is 0 Å². The fourth-order valence-electron chi connectivity index (χ4n) is 3.67. The Bertz CT molecular complexity index is 962. The molecule has 166 valence electrons. The van der Waals surface area contributed by atoms with E-state index in [1.165, 1.54) is 0 Å².